The SMILES string of the molecule is COC(=O)c1ccccc1-n1ncc(NCC2CCC2)c(Cl)c1=O. The molecule has 1 aliphatic carbocycles. The molecule has 1 heterocycles. The van der Waals surface area contributed by atoms with Gasteiger partial charge in [-0.25, -0.2) is 4.79 Å². The summed E-state index contributed by atoms with van der Waals surface area (Å²) in [6, 6.07) is 6.61. The molecule has 0 amide bonds. The van der Waals surface area contributed by atoms with E-state index in [0.717, 1.165) is 11.2 Å². The van der Waals surface area contributed by atoms with Crippen LogP contribution in [0.15, 0.2) is 35.3 Å². The molecule has 1 saturated carbocycles. The normalized spacial score (nSPS) is 14.1. The second-order valence-electron chi connectivity index (χ2n) is 5.78. The molecule has 1 N–H and O–H groups in total. The van der Waals surface area contributed by atoms with Crippen LogP contribution >= 0.6 is 11.6 Å². The van der Waals surface area contributed by atoms with E-state index in [2.05, 4.69) is 10.4 Å². The van der Waals surface area contributed by atoms with Crippen LogP contribution in [0.2, 0.25) is 5.02 Å². The zero-order valence-corrected chi connectivity index (χ0v) is 14.0. The number of methoxy groups -OCH3 is 1. The second kappa shape index (κ2) is 7.05. The minimum absolute atomic E-state index is 0.0593. The van der Waals surface area contributed by atoms with Crippen molar-refractivity contribution in [2.45, 2.75) is 19.3 Å². The summed E-state index contributed by atoms with van der Waals surface area (Å²) in [5.41, 5.74) is 0.620. The molecule has 0 unspecified atom stereocenters. The van der Waals surface area contributed by atoms with Crippen LogP contribution < -0.4 is 10.9 Å². The van der Waals surface area contributed by atoms with Crippen molar-refractivity contribution in [3.05, 3.63) is 51.4 Å². The number of anilines is 1. The Labute approximate surface area is 144 Å². The van der Waals surface area contributed by atoms with Gasteiger partial charge in [-0.1, -0.05) is 30.2 Å². The van der Waals surface area contributed by atoms with E-state index in [4.69, 9.17) is 16.3 Å². The fourth-order valence-electron chi connectivity index (χ4n) is 2.62. The van der Waals surface area contributed by atoms with Crippen molar-refractivity contribution in [1.29, 1.82) is 0 Å². The van der Waals surface area contributed by atoms with E-state index in [1.807, 2.05) is 0 Å². The van der Waals surface area contributed by atoms with E-state index in [1.54, 1.807) is 24.3 Å². The van der Waals surface area contributed by atoms with Crippen LogP contribution in [0.25, 0.3) is 5.69 Å². The Kier molecular flexibility index (Phi) is 4.85. The van der Waals surface area contributed by atoms with E-state index in [1.165, 1.54) is 32.6 Å². The number of nitrogens with one attached hydrogen (secondary N) is 1. The molecule has 24 heavy (non-hydrogen) atoms. The van der Waals surface area contributed by atoms with E-state index < -0.39 is 11.5 Å². The summed E-state index contributed by atoms with van der Waals surface area (Å²) >= 11 is 6.21. The lowest BCUT2D eigenvalue weighted by Crippen LogP contribution is -2.26. The molecule has 0 radical (unpaired) electrons. The summed E-state index contributed by atoms with van der Waals surface area (Å²) in [5, 5.41) is 7.40. The molecular formula is C17H18ClN3O3. The Hall–Kier alpha value is -2.34. The van der Waals surface area contributed by atoms with Crippen LogP contribution in [0.1, 0.15) is 29.6 Å². The third kappa shape index (κ3) is 3.14. The molecule has 2 aromatic rings. The largest absolute Gasteiger partial charge is 0.465 e. The molecule has 0 atom stereocenters. The van der Waals surface area contributed by atoms with Crippen molar-refractivity contribution in [2.75, 3.05) is 19.0 Å². The van der Waals surface area contributed by atoms with Gasteiger partial charge in [0.15, 0.2) is 0 Å². The lowest BCUT2D eigenvalue weighted by Gasteiger charge is -2.26. The van der Waals surface area contributed by atoms with E-state index in [0.29, 0.717) is 17.3 Å². The topological polar surface area (TPSA) is 73.2 Å². The van der Waals surface area contributed by atoms with E-state index in [-0.39, 0.29) is 10.6 Å². The lowest BCUT2D eigenvalue weighted by molar-refractivity contribution is 0.0600. The zero-order chi connectivity index (χ0) is 17.1. The quantitative estimate of drug-likeness (QED) is 0.842. The Morgan fingerprint density at radius 1 is 1.42 bits per heavy atom. The fraction of sp³-hybridized carbons (Fsp3) is 0.353. The summed E-state index contributed by atoms with van der Waals surface area (Å²) in [6.07, 6.45) is 5.16. The molecule has 7 heteroatoms. The highest BCUT2D eigenvalue weighted by Gasteiger charge is 2.19. The second-order valence-corrected chi connectivity index (χ2v) is 6.15. The van der Waals surface area contributed by atoms with E-state index >= 15 is 0 Å². The number of esters is 1. The number of rotatable bonds is 5. The number of carbonyl (C=O) groups excluding carboxylic acids is 1. The minimum Gasteiger partial charge on any atom is -0.465 e. The van der Waals surface area contributed by atoms with Crippen molar-refractivity contribution >= 4 is 23.3 Å². The van der Waals surface area contributed by atoms with Gasteiger partial charge in [-0.2, -0.15) is 9.78 Å². The van der Waals surface area contributed by atoms with Crippen LogP contribution in [0, 0.1) is 5.92 Å². The maximum atomic E-state index is 12.6. The van der Waals surface area contributed by atoms with Gasteiger partial charge in [0.1, 0.15) is 5.02 Å². The third-order valence-electron chi connectivity index (χ3n) is 4.26. The number of ether oxygens (including phenoxy) is 1. The molecule has 1 aromatic carbocycles. The van der Waals surface area contributed by atoms with Crippen LogP contribution in [0.4, 0.5) is 5.69 Å². The summed E-state index contributed by atoms with van der Waals surface area (Å²) in [6.45, 7) is 0.781. The molecule has 1 fully saturated rings. The first-order valence-electron chi connectivity index (χ1n) is 7.81. The van der Waals surface area contributed by atoms with Gasteiger partial charge in [-0.3, -0.25) is 4.79 Å². The number of aromatic nitrogens is 2. The van der Waals surface area contributed by atoms with Crippen LogP contribution in [-0.4, -0.2) is 29.4 Å². The van der Waals surface area contributed by atoms with Gasteiger partial charge < -0.3 is 10.1 Å². The fourth-order valence-corrected chi connectivity index (χ4v) is 2.82. The van der Waals surface area contributed by atoms with Gasteiger partial charge in [0.2, 0.25) is 0 Å². The molecule has 0 spiro atoms. The number of nitrogens with zero attached hydrogens (tertiary/aromatic N) is 2. The highest BCUT2D eigenvalue weighted by atomic mass is 35.5. The summed E-state index contributed by atoms with van der Waals surface area (Å²) in [7, 11) is 1.29. The van der Waals surface area contributed by atoms with Crippen LogP contribution in [0.5, 0.6) is 0 Å². The number of para-hydroxylation sites is 1. The van der Waals surface area contributed by atoms with Crippen molar-refractivity contribution < 1.29 is 9.53 Å². The third-order valence-corrected chi connectivity index (χ3v) is 4.63. The van der Waals surface area contributed by atoms with Gasteiger partial charge >= 0.3 is 5.97 Å². The predicted octanol–water partition coefficient (Wildman–Crippen LogP) is 2.88. The number of hydrogen-bond acceptors (Lipinski definition) is 5. The predicted molar refractivity (Wildman–Crippen MR) is 92.0 cm³/mol. The summed E-state index contributed by atoms with van der Waals surface area (Å²) < 4.78 is 5.86. The monoisotopic (exact) mass is 347 g/mol. The molecule has 0 saturated heterocycles. The van der Waals surface area contributed by atoms with Crippen molar-refractivity contribution in [3.8, 4) is 5.69 Å². The molecule has 0 aliphatic heterocycles. The number of hydrogen-bond donors (Lipinski definition) is 1. The Morgan fingerprint density at radius 3 is 2.83 bits per heavy atom. The van der Waals surface area contributed by atoms with Crippen LogP contribution in [0.3, 0.4) is 0 Å². The molecule has 3 rings (SSSR count). The Bertz CT molecular complexity index is 815. The highest BCUT2D eigenvalue weighted by Crippen LogP contribution is 2.27. The molecule has 1 aromatic heterocycles. The first-order valence-corrected chi connectivity index (χ1v) is 8.19. The zero-order valence-electron chi connectivity index (χ0n) is 13.3. The maximum Gasteiger partial charge on any atom is 0.340 e. The van der Waals surface area contributed by atoms with Gasteiger partial charge in [0.05, 0.1) is 30.2 Å². The first kappa shape index (κ1) is 16.5. The minimum atomic E-state index is -0.539. The van der Waals surface area contributed by atoms with Gasteiger partial charge in [-0.05, 0) is 30.9 Å². The van der Waals surface area contributed by atoms with Crippen LogP contribution in [-0.2, 0) is 4.74 Å². The number of halogens is 1. The Balaban J connectivity index is 1.94. The summed E-state index contributed by atoms with van der Waals surface area (Å²) in [5.74, 6) is 0.0890. The molecule has 126 valence electrons. The average molecular weight is 348 g/mol. The molecule has 0 bridgehead atoms. The standard InChI is InChI=1S/C17H18ClN3O3/c1-24-17(23)12-7-2-3-8-14(12)21-16(22)15(18)13(10-20-21)19-9-11-5-4-6-11/h2-3,7-8,10-11,19H,4-6,9H2,1H3. The highest BCUT2D eigenvalue weighted by molar-refractivity contribution is 6.32. The van der Waals surface area contributed by atoms with E-state index in [9.17, 15) is 9.59 Å². The average Bonchev–Trinajstić information content (AvgIpc) is 2.56. The molecule has 1 aliphatic rings. The molecule has 6 nitrogen and oxygen atoms in total. The summed E-state index contributed by atoms with van der Waals surface area (Å²) in [4.78, 5) is 24.4. The van der Waals surface area contributed by atoms with Crippen molar-refractivity contribution in [1.82, 2.24) is 9.78 Å². The van der Waals surface area contributed by atoms with Gasteiger partial charge in [-0.15, -0.1) is 0 Å². The number of benzene rings is 1. The lowest BCUT2D eigenvalue weighted by atomic mass is 9.85. The maximum absolute atomic E-state index is 12.6. The van der Waals surface area contributed by atoms with Crippen molar-refractivity contribution in [3.63, 3.8) is 0 Å². The van der Waals surface area contributed by atoms with Gasteiger partial charge in [0.25, 0.3) is 5.56 Å². The van der Waals surface area contributed by atoms with Crippen molar-refractivity contribution in [2.24, 2.45) is 5.92 Å². The van der Waals surface area contributed by atoms with Gasteiger partial charge in [0, 0.05) is 6.54 Å². The smallest absolute Gasteiger partial charge is 0.340 e. The molecular weight excluding hydrogens is 330 g/mol. The first-order chi connectivity index (χ1) is 11.6. The number of carbonyl (C=O) groups is 1. The Morgan fingerprint density at radius 2 is 2.17 bits per heavy atom.